The van der Waals surface area contributed by atoms with Crippen LogP contribution in [0.1, 0.15) is 0 Å². The first-order valence-electron chi connectivity index (χ1n) is 10.5. The predicted octanol–water partition coefficient (Wildman–Crippen LogP) is -2.48. The number of nitrogens with one attached hydrogen (secondary N) is 2. The third kappa shape index (κ3) is 18.4. The van der Waals surface area contributed by atoms with Gasteiger partial charge in [-0.15, -0.1) is 0 Å². The standard InChI is InChI=1S/C20H40N6O5/c1-25(2,3)12-7-21-18(28)15-23(11-14-27)9-10-24(17-20(30)31)16-19(29)22-8-13-26(4,5)6/h14H,7-13,15-17H2,1-6H3,(H-2,21,22,28,29,30,31)/p+2. The van der Waals surface area contributed by atoms with Crippen LogP contribution in [0.2, 0.25) is 0 Å². The van der Waals surface area contributed by atoms with Crippen molar-refractivity contribution in [2.45, 2.75) is 0 Å². The van der Waals surface area contributed by atoms with Crippen molar-refractivity contribution < 1.29 is 33.3 Å². The van der Waals surface area contributed by atoms with Gasteiger partial charge in [-0.2, -0.15) is 0 Å². The number of aldehydes is 1. The van der Waals surface area contributed by atoms with Gasteiger partial charge in [-0.1, -0.05) is 0 Å². The number of carboxylic acid groups (broad SMARTS) is 1. The number of amides is 2. The highest BCUT2D eigenvalue weighted by Gasteiger charge is 2.18. The second kappa shape index (κ2) is 14.1. The lowest BCUT2D eigenvalue weighted by molar-refractivity contribution is -0.869. The summed E-state index contributed by atoms with van der Waals surface area (Å²) in [6.45, 7) is 2.81. The van der Waals surface area contributed by atoms with Crippen molar-refractivity contribution in [3.05, 3.63) is 0 Å². The molecule has 0 aliphatic heterocycles. The number of likely N-dealkylation sites (N-methyl/N-ethyl adjacent to an activating group) is 2. The van der Waals surface area contributed by atoms with E-state index >= 15 is 0 Å². The number of hydrogen-bond acceptors (Lipinski definition) is 6. The minimum Gasteiger partial charge on any atom is -0.480 e. The first-order valence-corrected chi connectivity index (χ1v) is 10.5. The van der Waals surface area contributed by atoms with Crippen LogP contribution in [0.25, 0.3) is 0 Å². The average molecular weight is 447 g/mol. The van der Waals surface area contributed by atoms with Crippen LogP contribution in [0.5, 0.6) is 0 Å². The van der Waals surface area contributed by atoms with Crippen LogP contribution in [-0.4, -0.2) is 156 Å². The number of rotatable bonds is 17. The Morgan fingerprint density at radius 3 is 1.58 bits per heavy atom. The number of aliphatic carboxylic acids is 1. The van der Waals surface area contributed by atoms with Gasteiger partial charge >= 0.3 is 5.97 Å². The Bertz CT molecular complexity index is 586. The number of carbonyl (C=O) groups excluding carboxylic acids is 3. The van der Waals surface area contributed by atoms with Crippen molar-refractivity contribution in [3.8, 4) is 0 Å². The molecule has 11 nitrogen and oxygen atoms in total. The topological polar surface area (TPSA) is 119 Å². The lowest BCUT2D eigenvalue weighted by atomic mass is 10.3. The number of quaternary nitrogens is 2. The van der Waals surface area contributed by atoms with Crippen LogP contribution >= 0.6 is 0 Å². The molecule has 0 aromatic rings. The molecule has 0 fully saturated rings. The molecule has 0 saturated carbocycles. The SMILES string of the molecule is C[N+](C)(C)CCNC(=O)CN(CC=O)CCN(CC(=O)O)CC(=O)NCC[N+](C)(C)C. The molecule has 2 amide bonds. The summed E-state index contributed by atoms with van der Waals surface area (Å²) in [6.07, 6.45) is 0.707. The largest absolute Gasteiger partial charge is 0.480 e. The Kier molecular flexibility index (Phi) is 13.1. The van der Waals surface area contributed by atoms with Gasteiger partial charge in [0.2, 0.25) is 11.8 Å². The Morgan fingerprint density at radius 2 is 1.19 bits per heavy atom. The third-order valence-electron chi connectivity index (χ3n) is 4.37. The summed E-state index contributed by atoms with van der Waals surface area (Å²) in [4.78, 5) is 49.6. The molecule has 0 radical (unpaired) electrons. The smallest absolute Gasteiger partial charge is 0.317 e. The summed E-state index contributed by atoms with van der Waals surface area (Å²) in [7, 11) is 12.1. The molecule has 0 aliphatic carbocycles. The molecule has 180 valence electrons. The molecule has 0 aromatic heterocycles. The van der Waals surface area contributed by atoms with Gasteiger partial charge in [-0.25, -0.2) is 0 Å². The van der Waals surface area contributed by atoms with Gasteiger partial charge in [-0.3, -0.25) is 24.2 Å². The van der Waals surface area contributed by atoms with E-state index in [1.807, 2.05) is 42.3 Å². The molecular formula is C20H42N6O5+2. The molecule has 0 aliphatic rings. The van der Waals surface area contributed by atoms with Crippen molar-refractivity contribution in [1.82, 2.24) is 20.4 Å². The van der Waals surface area contributed by atoms with Crippen molar-refractivity contribution in [2.24, 2.45) is 0 Å². The van der Waals surface area contributed by atoms with E-state index in [0.717, 1.165) is 17.6 Å². The Balaban J connectivity index is 4.64. The molecule has 11 heteroatoms. The highest BCUT2D eigenvalue weighted by molar-refractivity contribution is 5.79. The molecule has 0 rings (SSSR count). The molecule has 0 unspecified atom stereocenters. The van der Waals surface area contributed by atoms with Crippen LogP contribution in [0.3, 0.4) is 0 Å². The zero-order valence-electron chi connectivity index (χ0n) is 20.0. The maximum Gasteiger partial charge on any atom is 0.317 e. The van der Waals surface area contributed by atoms with Crippen LogP contribution in [-0.2, 0) is 19.2 Å². The molecule has 0 saturated heterocycles. The quantitative estimate of drug-likeness (QED) is 0.167. The number of hydrogen-bond donors (Lipinski definition) is 3. The van der Waals surface area contributed by atoms with Gasteiger partial charge in [0, 0.05) is 13.1 Å². The second-order valence-corrected chi connectivity index (χ2v) is 9.73. The molecule has 0 bridgehead atoms. The minimum absolute atomic E-state index is 0.0342. The van der Waals surface area contributed by atoms with E-state index < -0.39 is 5.97 Å². The highest BCUT2D eigenvalue weighted by Crippen LogP contribution is 1.95. The summed E-state index contributed by atoms with van der Waals surface area (Å²) in [6, 6.07) is 0. The Labute approximate surface area is 186 Å². The second-order valence-electron chi connectivity index (χ2n) is 9.73. The average Bonchev–Trinajstić information content (AvgIpc) is 2.56. The zero-order valence-corrected chi connectivity index (χ0v) is 20.0. The van der Waals surface area contributed by atoms with Gasteiger partial charge in [0.1, 0.15) is 6.29 Å². The fourth-order valence-electron chi connectivity index (χ4n) is 2.61. The minimum atomic E-state index is -1.04. The van der Waals surface area contributed by atoms with E-state index in [2.05, 4.69) is 10.6 Å². The van der Waals surface area contributed by atoms with E-state index in [1.165, 1.54) is 4.90 Å². The van der Waals surface area contributed by atoms with E-state index in [9.17, 15) is 19.2 Å². The van der Waals surface area contributed by atoms with Gasteiger partial charge in [0.25, 0.3) is 0 Å². The van der Waals surface area contributed by atoms with Gasteiger partial charge in [0.05, 0.1) is 94.6 Å². The molecule has 0 aromatic carbocycles. The summed E-state index contributed by atoms with van der Waals surface area (Å²) in [5.74, 6) is -1.49. The summed E-state index contributed by atoms with van der Waals surface area (Å²) in [5, 5.41) is 14.8. The van der Waals surface area contributed by atoms with Crippen molar-refractivity contribution in [1.29, 1.82) is 0 Å². The van der Waals surface area contributed by atoms with Gasteiger partial charge < -0.3 is 29.5 Å². The number of nitrogens with zero attached hydrogens (tertiary/aromatic N) is 4. The first-order chi connectivity index (χ1) is 14.2. The van der Waals surface area contributed by atoms with E-state index in [0.29, 0.717) is 30.4 Å². The van der Waals surface area contributed by atoms with Crippen molar-refractivity contribution >= 4 is 24.1 Å². The summed E-state index contributed by atoms with van der Waals surface area (Å²) < 4.78 is 1.43. The monoisotopic (exact) mass is 446 g/mol. The van der Waals surface area contributed by atoms with E-state index in [4.69, 9.17) is 5.11 Å². The molecule has 0 spiro atoms. The third-order valence-corrected chi connectivity index (χ3v) is 4.37. The van der Waals surface area contributed by atoms with Gasteiger partial charge in [-0.05, 0) is 0 Å². The zero-order chi connectivity index (χ0) is 24.1. The van der Waals surface area contributed by atoms with Crippen molar-refractivity contribution in [3.63, 3.8) is 0 Å². The normalized spacial score (nSPS) is 12.1. The van der Waals surface area contributed by atoms with Crippen molar-refractivity contribution in [2.75, 3.05) is 108 Å². The predicted molar refractivity (Wildman–Crippen MR) is 118 cm³/mol. The Hall–Kier alpha value is -2.08. The summed E-state index contributed by atoms with van der Waals surface area (Å²) in [5.41, 5.74) is 0. The molecular weight excluding hydrogens is 404 g/mol. The first kappa shape index (κ1) is 28.9. The highest BCUT2D eigenvalue weighted by atomic mass is 16.4. The number of carboxylic acids is 1. The lowest BCUT2D eigenvalue weighted by Gasteiger charge is -2.26. The maximum absolute atomic E-state index is 12.2. The fourth-order valence-corrected chi connectivity index (χ4v) is 2.61. The van der Waals surface area contributed by atoms with E-state index in [1.54, 1.807) is 4.90 Å². The molecule has 0 atom stereocenters. The molecule has 31 heavy (non-hydrogen) atoms. The van der Waals surface area contributed by atoms with Crippen LogP contribution in [0.15, 0.2) is 0 Å². The molecule has 3 N–H and O–H groups in total. The van der Waals surface area contributed by atoms with Crippen LogP contribution in [0, 0.1) is 0 Å². The molecule has 0 heterocycles. The fraction of sp³-hybridized carbons (Fsp3) is 0.800. The van der Waals surface area contributed by atoms with Crippen LogP contribution < -0.4 is 10.6 Å². The lowest BCUT2D eigenvalue weighted by Crippen LogP contribution is -2.48. The van der Waals surface area contributed by atoms with Gasteiger partial charge in [0.15, 0.2) is 0 Å². The van der Waals surface area contributed by atoms with E-state index in [-0.39, 0.29) is 44.5 Å². The van der Waals surface area contributed by atoms with Crippen LogP contribution in [0.4, 0.5) is 0 Å². The summed E-state index contributed by atoms with van der Waals surface area (Å²) >= 11 is 0. The number of carbonyl (C=O) groups is 4. The maximum atomic E-state index is 12.2. The Morgan fingerprint density at radius 1 is 0.774 bits per heavy atom.